The molecule has 0 radical (unpaired) electrons. The van der Waals surface area contributed by atoms with Gasteiger partial charge < -0.3 is 16.9 Å². The number of anilines is 2. The number of aryl methyl sites for hydroxylation is 1. The van der Waals surface area contributed by atoms with Gasteiger partial charge in [-0.3, -0.25) is 0 Å². The number of nitrogen functional groups attached to an aromatic ring is 2. The summed E-state index contributed by atoms with van der Waals surface area (Å²) in [5.41, 5.74) is 12.4. The molecule has 14 heavy (non-hydrogen) atoms. The zero-order valence-corrected chi connectivity index (χ0v) is 8.25. The normalized spacial score (nSPS) is 9.21. The van der Waals surface area contributed by atoms with Gasteiger partial charge in [-0.2, -0.15) is 19.6 Å². The standard InChI is InChI=1S/C6H8N6.ClH.H2O/c1-3-2-4-9-5(7)10-6(8)12(4)11-3;;/h2H,1H3,(H4,7,8,9,10);1H;1H2. The topological polar surface area (TPSA) is 127 Å². The minimum absolute atomic E-state index is 0. The molecular weight excluding hydrogens is 208 g/mol. The molecule has 0 saturated carbocycles. The smallest absolute Gasteiger partial charge is 0.226 e. The molecule has 0 fully saturated rings. The van der Waals surface area contributed by atoms with Crippen molar-refractivity contribution in [2.75, 3.05) is 11.5 Å². The lowest BCUT2D eigenvalue weighted by Crippen LogP contribution is -2.06. The largest absolute Gasteiger partial charge is 0.412 e. The lowest BCUT2D eigenvalue weighted by Gasteiger charge is -1.97. The first-order valence-corrected chi connectivity index (χ1v) is 3.42. The molecule has 0 bridgehead atoms. The summed E-state index contributed by atoms with van der Waals surface area (Å²) in [6, 6.07) is 1.79. The lowest BCUT2D eigenvalue weighted by atomic mass is 10.5. The number of hydrogen-bond donors (Lipinski definition) is 2. The molecule has 2 rings (SSSR count). The number of fused-ring (bicyclic) bond motifs is 1. The second kappa shape index (κ2) is 4.07. The summed E-state index contributed by atoms with van der Waals surface area (Å²) < 4.78 is 1.45. The Morgan fingerprint density at radius 2 is 1.93 bits per heavy atom. The van der Waals surface area contributed by atoms with Gasteiger partial charge in [0.1, 0.15) is 0 Å². The average Bonchev–Trinajstić information content (AvgIpc) is 2.29. The molecule has 0 atom stereocenters. The molecule has 0 saturated heterocycles. The van der Waals surface area contributed by atoms with Crippen LogP contribution in [-0.2, 0) is 0 Å². The van der Waals surface area contributed by atoms with E-state index in [1.165, 1.54) is 4.52 Å². The van der Waals surface area contributed by atoms with Crippen molar-refractivity contribution in [2.24, 2.45) is 0 Å². The summed E-state index contributed by atoms with van der Waals surface area (Å²) in [6.45, 7) is 1.85. The van der Waals surface area contributed by atoms with Crippen LogP contribution in [0.5, 0.6) is 0 Å². The third-order valence-electron chi connectivity index (χ3n) is 1.49. The van der Waals surface area contributed by atoms with E-state index in [2.05, 4.69) is 15.1 Å². The van der Waals surface area contributed by atoms with E-state index in [0.29, 0.717) is 5.65 Å². The fraction of sp³-hybridized carbons (Fsp3) is 0.167. The van der Waals surface area contributed by atoms with Crippen molar-refractivity contribution in [2.45, 2.75) is 6.92 Å². The Hall–Kier alpha value is -1.60. The highest BCUT2D eigenvalue weighted by molar-refractivity contribution is 5.85. The van der Waals surface area contributed by atoms with Gasteiger partial charge in [-0.1, -0.05) is 0 Å². The van der Waals surface area contributed by atoms with Crippen molar-refractivity contribution in [3.63, 3.8) is 0 Å². The van der Waals surface area contributed by atoms with Crippen molar-refractivity contribution < 1.29 is 5.48 Å². The predicted molar refractivity (Wildman–Crippen MR) is 55.2 cm³/mol. The van der Waals surface area contributed by atoms with E-state index >= 15 is 0 Å². The van der Waals surface area contributed by atoms with Gasteiger partial charge in [0.25, 0.3) is 0 Å². The van der Waals surface area contributed by atoms with Crippen LogP contribution in [0.2, 0.25) is 0 Å². The summed E-state index contributed by atoms with van der Waals surface area (Å²) in [7, 11) is 0. The Balaban J connectivity index is 0.000000845. The van der Waals surface area contributed by atoms with Gasteiger partial charge in [0, 0.05) is 6.07 Å². The molecule has 7 nitrogen and oxygen atoms in total. The van der Waals surface area contributed by atoms with Crippen molar-refractivity contribution in [3.05, 3.63) is 11.8 Å². The Bertz CT molecular complexity index is 441. The van der Waals surface area contributed by atoms with E-state index in [0.717, 1.165) is 5.69 Å². The molecule has 0 amide bonds. The third kappa shape index (κ3) is 1.83. The van der Waals surface area contributed by atoms with Gasteiger partial charge >= 0.3 is 0 Å². The highest BCUT2D eigenvalue weighted by atomic mass is 35.5. The summed E-state index contributed by atoms with van der Waals surface area (Å²) in [5, 5.41) is 4.06. The van der Waals surface area contributed by atoms with Gasteiger partial charge in [-0.05, 0) is 6.92 Å². The van der Waals surface area contributed by atoms with Crippen molar-refractivity contribution in [1.82, 2.24) is 19.6 Å². The Labute approximate surface area is 85.9 Å². The quantitative estimate of drug-likeness (QED) is 0.598. The maximum absolute atomic E-state index is 5.54. The molecule has 0 aliphatic heterocycles. The van der Waals surface area contributed by atoms with Crippen LogP contribution in [0.1, 0.15) is 5.69 Å². The van der Waals surface area contributed by atoms with Gasteiger partial charge in [0.15, 0.2) is 5.65 Å². The van der Waals surface area contributed by atoms with Crippen LogP contribution in [0.3, 0.4) is 0 Å². The Morgan fingerprint density at radius 3 is 2.57 bits per heavy atom. The van der Waals surface area contributed by atoms with Crippen molar-refractivity contribution in [3.8, 4) is 0 Å². The molecule has 2 heterocycles. The monoisotopic (exact) mass is 218 g/mol. The number of rotatable bonds is 0. The molecule has 0 aliphatic rings. The highest BCUT2D eigenvalue weighted by Crippen LogP contribution is 2.07. The Morgan fingerprint density at radius 1 is 1.29 bits per heavy atom. The number of halogens is 1. The van der Waals surface area contributed by atoms with E-state index in [1.807, 2.05) is 6.92 Å². The summed E-state index contributed by atoms with van der Waals surface area (Å²) in [4.78, 5) is 7.70. The van der Waals surface area contributed by atoms with Crippen LogP contribution in [-0.4, -0.2) is 25.1 Å². The molecule has 2 aromatic heterocycles. The van der Waals surface area contributed by atoms with Crippen LogP contribution in [0.4, 0.5) is 11.9 Å². The zero-order valence-electron chi connectivity index (χ0n) is 7.43. The molecular formula is C6H11ClN6O. The summed E-state index contributed by atoms with van der Waals surface area (Å²) in [6.07, 6.45) is 0. The molecule has 0 aromatic carbocycles. The highest BCUT2D eigenvalue weighted by Gasteiger charge is 2.03. The molecule has 0 unspecified atom stereocenters. The molecule has 8 heteroatoms. The maximum Gasteiger partial charge on any atom is 0.226 e. The fourth-order valence-electron chi connectivity index (χ4n) is 1.04. The molecule has 6 N–H and O–H groups in total. The van der Waals surface area contributed by atoms with Gasteiger partial charge in [-0.15, -0.1) is 12.4 Å². The first kappa shape index (κ1) is 12.4. The molecule has 78 valence electrons. The predicted octanol–water partition coefficient (Wildman–Crippen LogP) is -0.806. The van der Waals surface area contributed by atoms with Crippen LogP contribution in [0, 0.1) is 6.92 Å². The van der Waals surface area contributed by atoms with Crippen LogP contribution >= 0.6 is 12.4 Å². The second-order valence-electron chi connectivity index (χ2n) is 2.50. The first-order valence-electron chi connectivity index (χ1n) is 3.42. The van der Waals surface area contributed by atoms with Crippen molar-refractivity contribution in [1.29, 1.82) is 0 Å². The molecule has 0 spiro atoms. The number of nitrogens with two attached hydrogens (primary N) is 2. The molecule has 0 aliphatic carbocycles. The van der Waals surface area contributed by atoms with Crippen LogP contribution < -0.4 is 11.5 Å². The lowest BCUT2D eigenvalue weighted by molar-refractivity contribution is 0.824. The van der Waals surface area contributed by atoms with E-state index in [4.69, 9.17) is 11.5 Å². The van der Waals surface area contributed by atoms with Crippen molar-refractivity contribution >= 4 is 30.0 Å². The average molecular weight is 219 g/mol. The number of hydrogen-bond acceptors (Lipinski definition) is 5. The van der Waals surface area contributed by atoms with E-state index < -0.39 is 0 Å². The van der Waals surface area contributed by atoms with Gasteiger partial charge in [-0.25, -0.2) is 0 Å². The van der Waals surface area contributed by atoms with Crippen LogP contribution in [0.25, 0.3) is 5.65 Å². The Kier molecular flexibility index (Phi) is 3.61. The summed E-state index contributed by atoms with van der Waals surface area (Å²) in [5.74, 6) is 0.422. The van der Waals surface area contributed by atoms with Gasteiger partial charge in [0.05, 0.1) is 5.69 Å². The first-order chi connectivity index (χ1) is 5.66. The SMILES string of the molecule is Cc1cc2nc(N)nc(N)n2n1.Cl.O. The second-order valence-corrected chi connectivity index (χ2v) is 2.50. The van der Waals surface area contributed by atoms with E-state index in [9.17, 15) is 0 Å². The van der Waals surface area contributed by atoms with E-state index in [1.54, 1.807) is 6.07 Å². The third-order valence-corrected chi connectivity index (χ3v) is 1.49. The minimum Gasteiger partial charge on any atom is -0.412 e. The molecule has 2 aromatic rings. The number of nitrogens with zero attached hydrogens (tertiary/aromatic N) is 4. The minimum atomic E-state index is 0. The van der Waals surface area contributed by atoms with E-state index in [-0.39, 0.29) is 29.8 Å². The van der Waals surface area contributed by atoms with Crippen LogP contribution in [0.15, 0.2) is 6.07 Å². The van der Waals surface area contributed by atoms with Gasteiger partial charge in [0.2, 0.25) is 11.9 Å². The number of aromatic nitrogens is 4. The summed E-state index contributed by atoms with van der Waals surface area (Å²) >= 11 is 0. The zero-order chi connectivity index (χ0) is 8.72. The fourth-order valence-corrected chi connectivity index (χ4v) is 1.04. The maximum atomic E-state index is 5.54.